The Bertz CT molecular complexity index is 877. The molecule has 0 aliphatic carbocycles. The van der Waals surface area contributed by atoms with Gasteiger partial charge in [0, 0.05) is 17.3 Å². The zero-order chi connectivity index (χ0) is 26.3. The number of amides is 3. The van der Waals surface area contributed by atoms with Crippen LogP contribution in [0.5, 0.6) is 0 Å². The van der Waals surface area contributed by atoms with Crippen LogP contribution in [0.3, 0.4) is 0 Å². The van der Waals surface area contributed by atoms with Gasteiger partial charge in [0.25, 0.3) is 0 Å². The van der Waals surface area contributed by atoms with Gasteiger partial charge in [0.15, 0.2) is 0 Å². The van der Waals surface area contributed by atoms with Crippen LogP contribution < -0.4 is 10.6 Å². The van der Waals surface area contributed by atoms with E-state index in [9.17, 15) is 14.4 Å². The molecule has 3 amide bonds. The maximum atomic E-state index is 13.9. The average Bonchev–Trinajstić information content (AvgIpc) is 2.73. The molecule has 0 aliphatic heterocycles. The number of benzene rings is 1. The van der Waals surface area contributed by atoms with Gasteiger partial charge < -0.3 is 20.3 Å². The molecule has 2 N–H and O–H groups in total. The molecule has 2 unspecified atom stereocenters. The largest absolute Gasteiger partial charge is 0.444 e. The van der Waals surface area contributed by atoms with E-state index in [0.717, 1.165) is 5.56 Å². The van der Waals surface area contributed by atoms with Crippen molar-refractivity contribution in [3.05, 3.63) is 42.0 Å². The van der Waals surface area contributed by atoms with E-state index in [1.54, 1.807) is 31.7 Å². The molecule has 0 aliphatic rings. The minimum absolute atomic E-state index is 0.0413. The molecule has 0 aromatic heterocycles. The van der Waals surface area contributed by atoms with Crippen LogP contribution in [0.4, 0.5) is 4.79 Å². The van der Waals surface area contributed by atoms with Crippen LogP contribution in [-0.4, -0.2) is 51.8 Å². The smallest absolute Gasteiger partial charge is 0.408 e. The summed E-state index contributed by atoms with van der Waals surface area (Å²) in [5.74, 6) is -0.679. The highest BCUT2D eigenvalue weighted by Crippen LogP contribution is 2.33. The van der Waals surface area contributed by atoms with Crippen LogP contribution in [0, 0.1) is 0 Å². The van der Waals surface area contributed by atoms with Gasteiger partial charge in [0.2, 0.25) is 11.8 Å². The van der Waals surface area contributed by atoms with Crippen molar-refractivity contribution in [3.63, 3.8) is 0 Å². The van der Waals surface area contributed by atoms with Crippen LogP contribution in [-0.2, 0) is 14.3 Å². The molecule has 0 bridgehead atoms. The topological polar surface area (TPSA) is 87.7 Å². The predicted molar refractivity (Wildman–Crippen MR) is 141 cm³/mol. The number of alkyl carbamates (subject to hydrolysis) is 1. The fourth-order valence-corrected chi connectivity index (χ4v) is 3.63. The summed E-state index contributed by atoms with van der Waals surface area (Å²) in [6.45, 7) is 18.6. The van der Waals surface area contributed by atoms with Crippen molar-refractivity contribution in [1.29, 1.82) is 0 Å². The maximum absolute atomic E-state index is 13.9. The molecule has 0 saturated carbocycles. The number of rotatable bonds is 10. The highest BCUT2D eigenvalue weighted by Gasteiger charge is 2.43. The Labute approximate surface area is 210 Å². The number of ether oxygens (including phenoxy) is 1. The van der Waals surface area contributed by atoms with Crippen molar-refractivity contribution in [1.82, 2.24) is 15.5 Å². The summed E-state index contributed by atoms with van der Waals surface area (Å²) < 4.78 is 5.34. The molecule has 2 atom stereocenters. The Kier molecular flexibility index (Phi) is 10.7. The molecule has 190 valence electrons. The Morgan fingerprint density at radius 3 is 2.24 bits per heavy atom. The van der Waals surface area contributed by atoms with E-state index in [1.165, 1.54) is 0 Å². The Hall–Kier alpha value is -2.48. The molecule has 0 saturated heterocycles. The van der Waals surface area contributed by atoms with Crippen molar-refractivity contribution >= 4 is 36.6 Å². The normalized spacial score (nSPS) is 13.6. The number of nitrogens with one attached hydrogen (secondary N) is 2. The zero-order valence-corrected chi connectivity index (χ0v) is 22.7. The SMILES string of the molecule is C=Cc1cccc(C(C(=O)NC(C)C)N(C(=O)C(CS)NC(=O)OC(C)(C)C)C(C)(C)CC)c1. The minimum atomic E-state index is -0.985. The van der Waals surface area contributed by atoms with Gasteiger partial charge >= 0.3 is 6.09 Å². The van der Waals surface area contributed by atoms with E-state index in [1.807, 2.05) is 58.9 Å². The van der Waals surface area contributed by atoms with Crippen molar-refractivity contribution in [3.8, 4) is 0 Å². The third-order valence-electron chi connectivity index (χ3n) is 5.33. The monoisotopic (exact) mass is 491 g/mol. The van der Waals surface area contributed by atoms with Crippen LogP contribution in [0.2, 0.25) is 0 Å². The molecule has 8 heteroatoms. The Balaban J connectivity index is 3.58. The molecule has 0 spiro atoms. The maximum Gasteiger partial charge on any atom is 0.408 e. The number of thiol groups is 1. The number of hydrogen-bond donors (Lipinski definition) is 3. The van der Waals surface area contributed by atoms with Gasteiger partial charge in [-0.2, -0.15) is 12.6 Å². The van der Waals surface area contributed by atoms with Crippen LogP contribution >= 0.6 is 12.6 Å². The number of carbonyl (C=O) groups excluding carboxylic acids is 3. The molecule has 0 heterocycles. The van der Waals surface area contributed by atoms with E-state index in [-0.39, 0.29) is 17.7 Å². The second-order valence-corrected chi connectivity index (χ2v) is 10.6. The summed E-state index contributed by atoms with van der Waals surface area (Å²) in [5.41, 5.74) is 0.0539. The Morgan fingerprint density at radius 2 is 1.76 bits per heavy atom. The Morgan fingerprint density at radius 1 is 1.15 bits per heavy atom. The summed E-state index contributed by atoms with van der Waals surface area (Å²) in [4.78, 5) is 41.5. The summed E-state index contributed by atoms with van der Waals surface area (Å²) >= 11 is 4.32. The van der Waals surface area contributed by atoms with Gasteiger partial charge in [0.1, 0.15) is 17.7 Å². The zero-order valence-electron chi connectivity index (χ0n) is 21.8. The van der Waals surface area contributed by atoms with E-state index in [0.29, 0.717) is 12.0 Å². The second-order valence-electron chi connectivity index (χ2n) is 10.2. The van der Waals surface area contributed by atoms with Crippen molar-refractivity contribution < 1.29 is 19.1 Å². The predicted octanol–water partition coefficient (Wildman–Crippen LogP) is 4.74. The highest BCUT2D eigenvalue weighted by molar-refractivity contribution is 7.80. The van der Waals surface area contributed by atoms with E-state index in [2.05, 4.69) is 29.8 Å². The van der Waals surface area contributed by atoms with E-state index >= 15 is 0 Å². The van der Waals surface area contributed by atoms with Crippen LogP contribution in [0.1, 0.15) is 79.0 Å². The van der Waals surface area contributed by atoms with Gasteiger partial charge in [0.05, 0.1) is 0 Å². The molecule has 34 heavy (non-hydrogen) atoms. The molecule has 0 fully saturated rings. The summed E-state index contributed by atoms with van der Waals surface area (Å²) in [6, 6.07) is 5.35. The lowest BCUT2D eigenvalue weighted by atomic mass is 9.91. The van der Waals surface area contributed by atoms with E-state index in [4.69, 9.17) is 4.74 Å². The molecule has 7 nitrogen and oxygen atoms in total. The molecule has 1 aromatic rings. The number of nitrogens with zero attached hydrogens (tertiary/aromatic N) is 1. The average molecular weight is 492 g/mol. The number of carbonyl (C=O) groups is 3. The van der Waals surface area contributed by atoms with Crippen molar-refractivity contribution in [2.75, 3.05) is 5.75 Å². The van der Waals surface area contributed by atoms with Crippen molar-refractivity contribution in [2.45, 2.75) is 91.1 Å². The lowest BCUT2D eigenvalue weighted by Gasteiger charge is -2.44. The van der Waals surface area contributed by atoms with Gasteiger partial charge in [-0.3, -0.25) is 9.59 Å². The second kappa shape index (κ2) is 12.3. The first-order valence-corrected chi connectivity index (χ1v) is 12.3. The fraction of sp³-hybridized carbons (Fsp3) is 0.577. The summed E-state index contributed by atoms with van der Waals surface area (Å²) in [7, 11) is 0. The standard InChI is InChI=1S/C26H41N3O4S/c1-10-18-13-12-14-19(15-18)21(22(30)27-17(3)4)29(26(8,9)11-2)23(31)20(16-34)28-24(32)33-25(5,6)7/h10,12-15,17,20-21,34H,1,11,16H2,2-9H3,(H,27,30)(H,28,32). The summed E-state index contributed by atoms with van der Waals surface area (Å²) in [6.07, 6.45) is 1.56. The fourth-order valence-electron chi connectivity index (χ4n) is 3.39. The molecular weight excluding hydrogens is 450 g/mol. The first-order valence-electron chi connectivity index (χ1n) is 11.6. The first-order chi connectivity index (χ1) is 15.7. The third kappa shape index (κ3) is 8.38. The number of hydrogen-bond acceptors (Lipinski definition) is 5. The first kappa shape index (κ1) is 29.6. The van der Waals surface area contributed by atoms with Crippen LogP contribution in [0.15, 0.2) is 30.8 Å². The quantitative estimate of drug-likeness (QED) is 0.413. The van der Waals surface area contributed by atoms with Crippen molar-refractivity contribution in [2.24, 2.45) is 0 Å². The highest BCUT2D eigenvalue weighted by atomic mass is 32.1. The molecular formula is C26H41N3O4S. The van der Waals surface area contributed by atoms with Gasteiger partial charge in [-0.1, -0.05) is 37.8 Å². The molecule has 1 aromatic carbocycles. The third-order valence-corrected chi connectivity index (χ3v) is 5.69. The van der Waals surface area contributed by atoms with Gasteiger partial charge in [-0.15, -0.1) is 0 Å². The lowest BCUT2D eigenvalue weighted by molar-refractivity contribution is -0.149. The molecule has 0 radical (unpaired) electrons. The molecule has 1 rings (SSSR count). The van der Waals surface area contributed by atoms with Gasteiger partial charge in [-0.25, -0.2) is 4.79 Å². The van der Waals surface area contributed by atoms with Crippen LogP contribution in [0.25, 0.3) is 6.08 Å². The van der Waals surface area contributed by atoms with E-state index < -0.39 is 35.2 Å². The minimum Gasteiger partial charge on any atom is -0.444 e. The lowest BCUT2D eigenvalue weighted by Crippen LogP contribution is -2.60. The summed E-state index contributed by atoms with van der Waals surface area (Å²) in [5, 5.41) is 5.58. The van der Waals surface area contributed by atoms with Gasteiger partial charge in [-0.05, 0) is 72.1 Å².